The molecule has 0 bridgehead atoms. The van der Waals surface area contributed by atoms with Crippen molar-refractivity contribution in [3.05, 3.63) is 65.4 Å². The zero-order valence-corrected chi connectivity index (χ0v) is 18.4. The van der Waals surface area contributed by atoms with Crippen LogP contribution in [0.25, 0.3) is 10.8 Å². The van der Waals surface area contributed by atoms with E-state index in [4.69, 9.17) is 4.42 Å². The Kier molecular flexibility index (Phi) is 8.09. The summed E-state index contributed by atoms with van der Waals surface area (Å²) in [4.78, 5) is 8.93. The van der Waals surface area contributed by atoms with Crippen LogP contribution in [-0.2, 0) is 13.0 Å². The highest BCUT2D eigenvalue weighted by molar-refractivity contribution is 14.0. The van der Waals surface area contributed by atoms with Crippen molar-refractivity contribution in [1.82, 2.24) is 15.6 Å². The number of oxazole rings is 1. The number of aromatic nitrogens is 1. The average molecular weight is 478 g/mol. The lowest BCUT2D eigenvalue weighted by Crippen LogP contribution is -2.38. The van der Waals surface area contributed by atoms with Crippen molar-refractivity contribution in [2.24, 2.45) is 4.99 Å². The standard InChI is InChI=1S/C21H26N4O.HI/c1-4-22-21(24-14-20-25-15(2)16(3)26-20)23-12-11-17-9-10-18-7-5-6-8-19(18)13-17;/h5-10,13H,4,11-12,14H2,1-3H3,(H2,22,23,24);1H. The first-order valence-corrected chi connectivity index (χ1v) is 9.08. The molecule has 27 heavy (non-hydrogen) atoms. The molecule has 3 aromatic rings. The SMILES string of the molecule is CCNC(=NCc1nc(C)c(C)o1)NCCc1ccc2ccccc2c1.I. The molecule has 0 saturated carbocycles. The predicted octanol–water partition coefficient (Wildman–Crippen LogP) is 4.36. The van der Waals surface area contributed by atoms with Crippen LogP contribution in [0.15, 0.2) is 51.9 Å². The molecule has 0 fully saturated rings. The van der Waals surface area contributed by atoms with Gasteiger partial charge in [0.1, 0.15) is 12.3 Å². The number of nitrogens with zero attached hydrogens (tertiary/aromatic N) is 2. The van der Waals surface area contributed by atoms with E-state index in [0.717, 1.165) is 36.9 Å². The van der Waals surface area contributed by atoms with Gasteiger partial charge >= 0.3 is 0 Å². The van der Waals surface area contributed by atoms with E-state index in [2.05, 4.69) is 70.0 Å². The van der Waals surface area contributed by atoms with Crippen LogP contribution in [0, 0.1) is 13.8 Å². The third-order valence-electron chi connectivity index (χ3n) is 4.31. The summed E-state index contributed by atoms with van der Waals surface area (Å²) in [6.07, 6.45) is 0.937. The second-order valence-corrected chi connectivity index (χ2v) is 6.30. The molecule has 6 heteroatoms. The number of guanidine groups is 1. The lowest BCUT2D eigenvalue weighted by molar-refractivity contribution is 0.473. The molecule has 0 unspecified atom stereocenters. The Morgan fingerprint density at radius 1 is 1.07 bits per heavy atom. The maximum atomic E-state index is 5.58. The highest BCUT2D eigenvalue weighted by Gasteiger charge is 2.05. The topological polar surface area (TPSA) is 62.5 Å². The van der Waals surface area contributed by atoms with Crippen LogP contribution in [0.3, 0.4) is 0 Å². The highest BCUT2D eigenvalue weighted by Crippen LogP contribution is 2.15. The summed E-state index contributed by atoms with van der Waals surface area (Å²) >= 11 is 0. The molecule has 1 heterocycles. The van der Waals surface area contributed by atoms with Gasteiger partial charge in [0.25, 0.3) is 0 Å². The number of aryl methyl sites for hydroxylation is 2. The Bertz CT molecular complexity index is 885. The molecule has 1 aromatic heterocycles. The fourth-order valence-electron chi connectivity index (χ4n) is 2.81. The number of rotatable bonds is 6. The van der Waals surface area contributed by atoms with Crippen LogP contribution in [0.1, 0.15) is 29.8 Å². The number of fused-ring (bicyclic) bond motifs is 1. The van der Waals surface area contributed by atoms with E-state index < -0.39 is 0 Å². The zero-order valence-electron chi connectivity index (χ0n) is 16.1. The van der Waals surface area contributed by atoms with Crippen LogP contribution in [0.4, 0.5) is 0 Å². The summed E-state index contributed by atoms with van der Waals surface area (Å²) in [5.41, 5.74) is 2.23. The Labute approximate surface area is 177 Å². The highest BCUT2D eigenvalue weighted by atomic mass is 127. The molecule has 5 nitrogen and oxygen atoms in total. The van der Waals surface area contributed by atoms with E-state index in [9.17, 15) is 0 Å². The minimum absolute atomic E-state index is 0. The second kappa shape index (κ2) is 10.3. The molecular formula is C21H27IN4O. The van der Waals surface area contributed by atoms with E-state index in [0.29, 0.717) is 12.4 Å². The Morgan fingerprint density at radius 3 is 2.56 bits per heavy atom. The summed E-state index contributed by atoms with van der Waals surface area (Å²) < 4.78 is 5.58. The lowest BCUT2D eigenvalue weighted by atomic mass is 10.1. The molecule has 0 saturated heterocycles. The van der Waals surface area contributed by atoms with Gasteiger partial charge in [-0.2, -0.15) is 0 Å². The Morgan fingerprint density at radius 2 is 1.85 bits per heavy atom. The van der Waals surface area contributed by atoms with E-state index in [1.54, 1.807) is 0 Å². The molecule has 0 aliphatic heterocycles. The number of hydrogen-bond acceptors (Lipinski definition) is 3. The first-order valence-electron chi connectivity index (χ1n) is 9.08. The minimum Gasteiger partial charge on any atom is -0.444 e. The molecule has 3 rings (SSSR count). The number of aliphatic imine (C=N–C) groups is 1. The number of hydrogen-bond donors (Lipinski definition) is 2. The largest absolute Gasteiger partial charge is 0.444 e. The summed E-state index contributed by atoms with van der Waals surface area (Å²) in [6.45, 7) is 7.97. The van der Waals surface area contributed by atoms with Crippen LogP contribution in [0.5, 0.6) is 0 Å². The lowest BCUT2D eigenvalue weighted by Gasteiger charge is -2.11. The second-order valence-electron chi connectivity index (χ2n) is 6.30. The maximum Gasteiger partial charge on any atom is 0.216 e. The first-order chi connectivity index (χ1) is 12.7. The van der Waals surface area contributed by atoms with Crippen LogP contribution >= 0.6 is 24.0 Å². The van der Waals surface area contributed by atoms with Gasteiger partial charge in [0.2, 0.25) is 5.89 Å². The van der Waals surface area contributed by atoms with E-state index >= 15 is 0 Å². The molecule has 0 atom stereocenters. The van der Waals surface area contributed by atoms with Crippen molar-refractivity contribution in [3.8, 4) is 0 Å². The smallest absolute Gasteiger partial charge is 0.216 e. The van der Waals surface area contributed by atoms with Crippen LogP contribution in [0.2, 0.25) is 0 Å². The molecule has 0 aliphatic rings. The van der Waals surface area contributed by atoms with E-state index in [1.807, 2.05) is 13.8 Å². The third-order valence-corrected chi connectivity index (χ3v) is 4.31. The van der Waals surface area contributed by atoms with E-state index in [-0.39, 0.29) is 24.0 Å². The first kappa shape index (κ1) is 21.2. The van der Waals surface area contributed by atoms with Crippen molar-refractivity contribution >= 4 is 40.7 Å². The van der Waals surface area contributed by atoms with Crippen molar-refractivity contribution in [2.45, 2.75) is 33.7 Å². The summed E-state index contributed by atoms with van der Waals surface area (Å²) in [5, 5.41) is 9.19. The average Bonchev–Trinajstić information content (AvgIpc) is 2.97. The molecule has 0 aliphatic carbocycles. The predicted molar refractivity (Wildman–Crippen MR) is 122 cm³/mol. The summed E-state index contributed by atoms with van der Waals surface area (Å²) in [6, 6.07) is 15.0. The number of nitrogens with one attached hydrogen (secondary N) is 2. The number of halogens is 1. The quantitative estimate of drug-likeness (QED) is 0.314. The molecular weight excluding hydrogens is 451 g/mol. The Hall–Kier alpha value is -2.09. The zero-order chi connectivity index (χ0) is 18.4. The van der Waals surface area contributed by atoms with Crippen LogP contribution < -0.4 is 10.6 Å². The van der Waals surface area contributed by atoms with E-state index in [1.165, 1.54) is 16.3 Å². The fraction of sp³-hybridized carbons (Fsp3) is 0.333. The molecule has 2 N–H and O–H groups in total. The van der Waals surface area contributed by atoms with Gasteiger partial charge in [0, 0.05) is 13.1 Å². The van der Waals surface area contributed by atoms with Gasteiger partial charge in [-0.05, 0) is 43.5 Å². The van der Waals surface area contributed by atoms with Crippen molar-refractivity contribution < 1.29 is 4.42 Å². The molecule has 144 valence electrons. The van der Waals surface area contributed by atoms with Gasteiger partial charge < -0.3 is 15.1 Å². The van der Waals surface area contributed by atoms with Gasteiger partial charge in [-0.15, -0.1) is 24.0 Å². The van der Waals surface area contributed by atoms with Gasteiger partial charge in [-0.25, -0.2) is 9.98 Å². The van der Waals surface area contributed by atoms with Crippen LogP contribution in [-0.4, -0.2) is 24.0 Å². The fourth-order valence-corrected chi connectivity index (χ4v) is 2.81. The maximum absolute atomic E-state index is 5.58. The van der Waals surface area contributed by atoms with Crippen molar-refractivity contribution in [2.75, 3.05) is 13.1 Å². The Balaban J connectivity index is 0.00000261. The molecule has 0 spiro atoms. The summed E-state index contributed by atoms with van der Waals surface area (Å²) in [7, 11) is 0. The van der Waals surface area contributed by atoms with Gasteiger partial charge in [-0.1, -0.05) is 42.5 Å². The monoisotopic (exact) mass is 478 g/mol. The third kappa shape index (κ3) is 5.95. The molecule has 2 aromatic carbocycles. The molecule has 0 radical (unpaired) electrons. The summed E-state index contributed by atoms with van der Waals surface area (Å²) in [5.74, 6) is 2.28. The minimum atomic E-state index is 0. The normalized spacial score (nSPS) is 11.3. The van der Waals surface area contributed by atoms with Gasteiger partial charge in [-0.3, -0.25) is 0 Å². The van der Waals surface area contributed by atoms with Crippen molar-refractivity contribution in [3.63, 3.8) is 0 Å². The molecule has 0 amide bonds. The van der Waals surface area contributed by atoms with Crippen molar-refractivity contribution in [1.29, 1.82) is 0 Å². The number of benzene rings is 2. The van der Waals surface area contributed by atoms with Gasteiger partial charge in [0.15, 0.2) is 5.96 Å². The van der Waals surface area contributed by atoms with Gasteiger partial charge in [0.05, 0.1) is 5.69 Å².